The molecule has 0 amide bonds. The number of rotatable bonds is 5. The Hall–Kier alpha value is -1.73. The first-order chi connectivity index (χ1) is 7.67. The highest BCUT2D eigenvalue weighted by molar-refractivity contribution is 5.61. The van der Waals surface area contributed by atoms with Crippen LogP contribution < -0.4 is 11.1 Å². The van der Waals surface area contributed by atoms with Gasteiger partial charge in [0.2, 0.25) is 0 Å². The molecule has 0 aliphatic rings. The van der Waals surface area contributed by atoms with Crippen LogP contribution in [-0.2, 0) is 0 Å². The summed E-state index contributed by atoms with van der Waals surface area (Å²) in [5.74, 6) is 0. The van der Waals surface area contributed by atoms with Crippen LogP contribution in [0.15, 0.2) is 18.2 Å². The third-order valence-corrected chi connectivity index (χ3v) is 2.54. The highest BCUT2D eigenvalue weighted by Gasteiger charge is 2.00. The fraction of sp³-hybridized carbons (Fsp3) is 0.417. The SMILES string of the molecule is CCN(C)CCNc1ccc(N)c(C#N)c1. The molecular weight excluding hydrogens is 200 g/mol. The van der Waals surface area contributed by atoms with Crippen molar-refractivity contribution in [2.75, 3.05) is 37.7 Å². The van der Waals surface area contributed by atoms with Crippen molar-refractivity contribution in [3.05, 3.63) is 23.8 Å². The van der Waals surface area contributed by atoms with Crippen LogP contribution in [0.3, 0.4) is 0 Å². The molecule has 4 heteroatoms. The van der Waals surface area contributed by atoms with Crippen molar-refractivity contribution in [2.45, 2.75) is 6.92 Å². The zero-order valence-corrected chi connectivity index (χ0v) is 9.83. The molecule has 3 N–H and O–H groups in total. The first-order valence-corrected chi connectivity index (χ1v) is 5.39. The molecule has 0 fully saturated rings. The molecule has 0 bridgehead atoms. The quantitative estimate of drug-likeness (QED) is 0.735. The Kier molecular flexibility index (Phi) is 4.62. The summed E-state index contributed by atoms with van der Waals surface area (Å²) >= 11 is 0. The molecule has 0 saturated carbocycles. The Morgan fingerprint density at radius 2 is 2.25 bits per heavy atom. The minimum Gasteiger partial charge on any atom is -0.398 e. The van der Waals surface area contributed by atoms with Gasteiger partial charge in [-0.2, -0.15) is 5.26 Å². The van der Waals surface area contributed by atoms with Crippen LogP contribution in [0.1, 0.15) is 12.5 Å². The molecule has 4 nitrogen and oxygen atoms in total. The molecule has 0 spiro atoms. The molecule has 0 unspecified atom stereocenters. The van der Waals surface area contributed by atoms with Crippen molar-refractivity contribution >= 4 is 11.4 Å². The second-order valence-electron chi connectivity index (χ2n) is 3.74. The van der Waals surface area contributed by atoms with E-state index in [4.69, 9.17) is 11.0 Å². The molecule has 16 heavy (non-hydrogen) atoms. The third kappa shape index (κ3) is 3.44. The Morgan fingerprint density at radius 3 is 2.88 bits per heavy atom. The van der Waals surface area contributed by atoms with Crippen LogP contribution in [0.4, 0.5) is 11.4 Å². The topological polar surface area (TPSA) is 65.1 Å². The monoisotopic (exact) mass is 218 g/mol. The van der Waals surface area contributed by atoms with Crippen molar-refractivity contribution in [3.8, 4) is 6.07 Å². The molecular formula is C12H18N4. The predicted octanol–water partition coefficient (Wildman–Crippen LogP) is 1.50. The molecule has 0 radical (unpaired) electrons. The molecule has 0 saturated heterocycles. The normalized spacial score (nSPS) is 10.1. The number of nitrogens with two attached hydrogens (primary N) is 1. The lowest BCUT2D eigenvalue weighted by Gasteiger charge is -2.14. The maximum Gasteiger partial charge on any atom is 0.101 e. The minimum absolute atomic E-state index is 0.522. The van der Waals surface area contributed by atoms with Gasteiger partial charge in [-0.25, -0.2) is 0 Å². The number of nitrogens with one attached hydrogen (secondary N) is 1. The van der Waals surface area contributed by atoms with E-state index in [-0.39, 0.29) is 0 Å². The van der Waals surface area contributed by atoms with Gasteiger partial charge in [-0.1, -0.05) is 6.92 Å². The van der Waals surface area contributed by atoms with Gasteiger partial charge < -0.3 is 16.0 Å². The van der Waals surface area contributed by atoms with Crippen LogP contribution in [0, 0.1) is 11.3 Å². The molecule has 1 aromatic rings. The lowest BCUT2D eigenvalue weighted by Crippen LogP contribution is -2.24. The van der Waals surface area contributed by atoms with E-state index in [9.17, 15) is 0 Å². The molecule has 1 rings (SSSR count). The van der Waals surface area contributed by atoms with Gasteiger partial charge in [0, 0.05) is 24.5 Å². The largest absolute Gasteiger partial charge is 0.398 e. The lowest BCUT2D eigenvalue weighted by atomic mass is 10.2. The molecule has 0 aliphatic heterocycles. The summed E-state index contributed by atoms with van der Waals surface area (Å²) < 4.78 is 0. The standard InChI is InChI=1S/C12H18N4/c1-3-16(2)7-6-15-11-4-5-12(14)10(8-11)9-13/h4-5,8,15H,3,6-7,14H2,1-2H3. The predicted molar refractivity (Wildman–Crippen MR) is 67.2 cm³/mol. The van der Waals surface area contributed by atoms with Crippen molar-refractivity contribution in [1.82, 2.24) is 4.90 Å². The maximum atomic E-state index is 8.83. The Balaban J connectivity index is 2.52. The summed E-state index contributed by atoms with van der Waals surface area (Å²) in [6, 6.07) is 7.50. The number of likely N-dealkylation sites (N-methyl/N-ethyl adjacent to an activating group) is 1. The van der Waals surface area contributed by atoms with Gasteiger partial charge in [-0.3, -0.25) is 0 Å². The highest BCUT2D eigenvalue weighted by atomic mass is 15.1. The summed E-state index contributed by atoms with van der Waals surface area (Å²) in [4.78, 5) is 2.22. The number of benzene rings is 1. The molecule has 0 aliphatic carbocycles. The number of nitrogen functional groups attached to an aromatic ring is 1. The van der Waals surface area contributed by atoms with Gasteiger partial charge in [-0.15, -0.1) is 0 Å². The van der Waals surface area contributed by atoms with Crippen molar-refractivity contribution in [3.63, 3.8) is 0 Å². The molecule has 1 aromatic carbocycles. The zero-order valence-electron chi connectivity index (χ0n) is 9.83. The Labute approximate surface area is 96.7 Å². The van der Waals surface area contributed by atoms with Crippen molar-refractivity contribution in [2.24, 2.45) is 0 Å². The Morgan fingerprint density at radius 1 is 1.50 bits per heavy atom. The van der Waals surface area contributed by atoms with E-state index in [0.717, 1.165) is 25.3 Å². The summed E-state index contributed by atoms with van der Waals surface area (Å²) in [6.07, 6.45) is 0. The molecule has 86 valence electrons. The van der Waals surface area contributed by atoms with E-state index >= 15 is 0 Å². The van der Waals surface area contributed by atoms with Crippen LogP contribution in [0.25, 0.3) is 0 Å². The number of anilines is 2. The van der Waals surface area contributed by atoms with Gasteiger partial charge in [0.1, 0.15) is 6.07 Å². The maximum absolute atomic E-state index is 8.83. The van der Waals surface area contributed by atoms with Gasteiger partial charge in [0.15, 0.2) is 0 Å². The lowest BCUT2D eigenvalue weighted by molar-refractivity contribution is 0.367. The number of hydrogen-bond acceptors (Lipinski definition) is 4. The third-order valence-electron chi connectivity index (χ3n) is 2.54. The molecule has 0 heterocycles. The first-order valence-electron chi connectivity index (χ1n) is 5.39. The Bertz CT molecular complexity index is 381. The van der Waals surface area contributed by atoms with Crippen molar-refractivity contribution < 1.29 is 0 Å². The summed E-state index contributed by atoms with van der Waals surface area (Å²) in [7, 11) is 2.07. The zero-order chi connectivity index (χ0) is 12.0. The van der Waals surface area contributed by atoms with Crippen LogP contribution in [0.5, 0.6) is 0 Å². The minimum atomic E-state index is 0.522. The first kappa shape index (κ1) is 12.3. The summed E-state index contributed by atoms with van der Waals surface area (Å²) in [6.45, 7) is 4.99. The van der Waals surface area contributed by atoms with E-state index in [2.05, 4.69) is 30.3 Å². The van der Waals surface area contributed by atoms with Gasteiger partial charge in [0.25, 0.3) is 0 Å². The smallest absolute Gasteiger partial charge is 0.101 e. The van der Waals surface area contributed by atoms with E-state index in [1.165, 1.54) is 0 Å². The summed E-state index contributed by atoms with van der Waals surface area (Å²) in [5, 5.41) is 12.1. The summed E-state index contributed by atoms with van der Waals surface area (Å²) in [5.41, 5.74) is 7.63. The van der Waals surface area contributed by atoms with Gasteiger partial charge in [-0.05, 0) is 31.8 Å². The van der Waals surface area contributed by atoms with Crippen molar-refractivity contribution in [1.29, 1.82) is 5.26 Å². The fourth-order valence-corrected chi connectivity index (χ4v) is 1.31. The number of nitrogens with zero attached hydrogens (tertiary/aromatic N) is 2. The fourth-order valence-electron chi connectivity index (χ4n) is 1.31. The van der Waals surface area contributed by atoms with E-state index < -0.39 is 0 Å². The van der Waals surface area contributed by atoms with Gasteiger partial charge >= 0.3 is 0 Å². The number of hydrogen-bond donors (Lipinski definition) is 2. The average Bonchev–Trinajstić information content (AvgIpc) is 2.31. The van der Waals surface area contributed by atoms with Crippen LogP contribution >= 0.6 is 0 Å². The van der Waals surface area contributed by atoms with Gasteiger partial charge in [0.05, 0.1) is 5.56 Å². The average molecular weight is 218 g/mol. The number of nitriles is 1. The van der Waals surface area contributed by atoms with Crippen LogP contribution in [0.2, 0.25) is 0 Å². The van der Waals surface area contributed by atoms with E-state index in [0.29, 0.717) is 11.3 Å². The van der Waals surface area contributed by atoms with Crippen LogP contribution in [-0.4, -0.2) is 31.6 Å². The van der Waals surface area contributed by atoms with E-state index in [1.54, 1.807) is 12.1 Å². The second-order valence-corrected chi connectivity index (χ2v) is 3.74. The molecule has 0 atom stereocenters. The highest BCUT2D eigenvalue weighted by Crippen LogP contribution is 2.16. The molecule has 0 aromatic heterocycles. The van der Waals surface area contributed by atoms with E-state index in [1.807, 2.05) is 6.07 Å². The second kappa shape index (κ2) is 5.99.